The van der Waals surface area contributed by atoms with Gasteiger partial charge in [0.15, 0.2) is 17.1 Å². The number of halogens is 3. The number of aromatic nitrogens is 3. The number of rotatable bonds is 9. The van der Waals surface area contributed by atoms with Crippen molar-refractivity contribution in [2.45, 2.75) is 19.7 Å². The zero-order valence-corrected chi connectivity index (χ0v) is 19.5. The number of anilines is 1. The van der Waals surface area contributed by atoms with E-state index >= 15 is 0 Å². The molecule has 0 N–H and O–H groups in total. The highest BCUT2D eigenvalue weighted by Crippen LogP contribution is 2.35. The van der Waals surface area contributed by atoms with Crippen molar-refractivity contribution in [3.05, 3.63) is 76.7 Å². The molecule has 2 heterocycles. The third-order valence-corrected chi connectivity index (χ3v) is 5.60. The van der Waals surface area contributed by atoms with E-state index in [0.717, 1.165) is 22.6 Å². The van der Waals surface area contributed by atoms with Crippen LogP contribution in [0.4, 0.5) is 14.6 Å². The molecule has 0 aliphatic carbocycles. The van der Waals surface area contributed by atoms with Crippen molar-refractivity contribution in [1.29, 1.82) is 0 Å². The summed E-state index contributed by atoms with van der Waals surface area (Å²) in [7, 11) is 3.22. The molecule has 0 unspecified atom stereocenters. The molecule has 10 heteroatoms. The largest absolute Gasteiger partial charge is 0.497 e. The summed E-state index contributed by atoms with van der Waals surface area (Å²) in [5, 5.41) is 4.19. The predicted octanol–water partition coefficient (Wildman–Crippen LogP) is 5.32. The lowest BCUT2D eigenvalue weighted by Crippen LogP contribution is -2.24. The third-order valence-electron chi connectivity index (χ3n) is 5.04. The fraction of sp³-hybridized carbons (Fsp3) is 0.217. The molecule has 4 aromatic rings. The highest BCUT2D eigenvalue weighted by molar-refractivity contribution is 9.10. The molecule has 33 heavy (non-hydrogen) atoms. The number of ether oxygens (including phenoxy) is 3. The molecule has 2 aromatic heterocycles. The molecule has 0 fully saturated rings. The van der Waals surface area contributed by atoms with Crippen molar-refractivity contribution >= 4 is 27.3 Å². The summed E-state index contributed by atoms with van der Waals surface area (Å²) in [6.45, 7) is -2.06. The topological polar surface area (TPSA) is 61.1 Å². The van der Waals surface area contributed by atoms with E-state index < -0.39 is 6.61 Å². The molecule has 7 nitrogen and oxygen atoms in total. The van der Waals surface area contributed by atoms with Gasteiger partial charge in [-0.1, -0.05) is 24.3 Å². The van der Waals surface area contributed by atoms with Gasteiger partial charge in [0.25, 0.3) is 0 Å². The molecule has 172 valence electrons. The molecule has 2 aromatic carbocycles. The van der Waals surface area contributed by atoms with Crippen molar-refractivity contribution in [3.63, 3.8) is 0 Å². The zero-order valence-electron chi connectivity index (χ0n) is 17.9. The summed E-state index contributed by atoms with van der Waals surface area (Å²) in [5.74, 6) is 1.93. The van der Waals surface area contributed by atoms with Gasteiger partial charge >= 0.3 is 6.61 Å². The standard InChI is InChI=1S/C23H21BrF2N4O3/c1-31-17-7-3-15(4-8-17)12-29(13-16-5-9-18(32-2)10-6-16)22-21-19(33-23(25)26)11-20(24)30(21)28-14-27-22/h3-11,14,23H,12-13H2,1-2H3. The van der Waals surface area contributed by atoms with E-state index in [9.17, 15) is 8.78 Å². The molecule has 0 spiro atoms. The normalized spacial score (nSPS) is 11.1. The van der Waals surface area contributed by atoms with Gasteiger partial charge in [0.05, 0.1) is 14.2 Å². The Balaban J connectivity index is 1.78. The fourth-order valence-electron chi connectivity index (χ4n) is 3.49. The van der Waals surface area contributed by atoms with Crippen molar-refractivity contribution in [1.82, 2.24) is 14.6 Å². The van der Waals surface area contributed by atoms with Gasteiger partial charge in [-0.05, 0) is 51.3 Å². The summed E-state index contributed by atoms with van der Waals surface area (Å²) in [4.78, 5) is 6.42. The van der Waals surface area contributed by atoms with Crippen molar-refractivity contribution in [3.8, 4) is 17.2 Å². The molecule has 0 saturated carbocycles. The molecule has 0 bridgehead atoms. The van der Waals surface area contributed by atoms with Gasteiger partial charge in [-0.25, -0.2) is 9.50 Å². The van der Waals surface area contributed by atoms with Crippen LogP contribution >= 0.6 is 15.9 Å². The van der Waals surface area contributed by atoms with Crippen LogP contribution in [0.1, 0.15) is 11.1 Å². The zero-order chi connectivity index (χ0) is 23.4. The maximum Gasteiger partial charge on any atom is 0.387 e. The van der Waals surface area contributed by atoms with Gasteiger partial charge in [-0.2, -0.15) is 13.9 Å². The van der Waals surface area contributed by atoms with Crippen LogP contribution < -0.4 is 19.1 Å². The number of nitrogens with zero attached hydrogens (tertiary/aromatic N) is 4. The Hall–Kier alpha value is -3.40. The quantitative estimate of drug-likeness (QED) is 0.299. The molecular formula is C23H21BrF2N4O3. The van der Waals surface area contributed by atoms with E-state index in [1.807, 2.05) is 53.4 Å². The van der Waals surface area contributed by atoms with Gasteiger partial charge in [-0.3, -0.25) is 0 Å². The first kappa shape index (κ1) is 22.8. The first-order chi connectivity index (χ1) is 16.0. The molecule has 0 saturated heterocycles. The minimum Gasteiger partial charge on any atom is -0.497 e. The van der Waals surface area contributed by atoms with E-state index in [1.165, 1.54) is 16.9 Å². The SMILES string of the molecule is COc1ccc(CN(Cc2ccc(OC)cc2)c2ncnn3c(Br)cc(OC(F)F)c23)cc1. The second-order valence-electron chi connectivity index (χ2n) is 7.11. The lowest BCUT2D eigenvalue weighted by Gasteiger charge is -2.25. The van der Waals surface area contributed by atoms with E-state index in [4.69, 9.17) is 14.2 Å². The van der Waals surface area contributed by atoms with Crippen LogP contribution in [0.25, 0.3) is 5.52 Å². The van der Waals surface area contributed by atoms with E-state index in [0.29, 0.717) is 29.0 Å². The number of fused-ring (bicyclic) bond motifs is 1. The van der Waals surface area contributed by atoms with E-state index in [2.05, 4.69) is 26.0 Å². The smallest absolute Gasteiger partial charge is 0.387 e. The van der Waals surface area contributed by atoms with Gasteiger partial charge in [0.2, 0.25) is 0 Å². The Bertz CT molecular complexity index is 1170. The van der Waals surface area contributed by atoms with Crippen LogP contribution in [0.2, 0.25) is 0 Å². The summed E-state index contributed by atoms with van der Waals surface area (Å²) < 4.78 is 43.4. The van der Waals surface area contributed by atoms with Gasteiger partial charge in [0.1, 0.15) is 22.4 Å². The van der Waals surface area contributed by atoms with Crippen LogP contribution in [0.15, 0.2) is 65.5 Å². The number of benzene rings is 2. The highest BCUT2D eigenvalue weighted by Gasteiger charge is 2.22. The van der Waals surface area contributed by atoms with Gasteiger partial charge < -0.3 is 19.1 Å². The van der Waals surface area contributed by atoms with Crippen LogP contribution in [0.3, 0.4) is 0 Å². The Morgan fingerprint density at radius 1 is 0.939 bits per heavy atom. The van der Waals surface area contributed by atoms with Crippen LogP contribution in [0.5, 0.6) is 17.2 Å². The monoisotopic (exact) mass is 518 g/mol. The number of methoxy groups -OCH3 is 2. The van der Waals surface area contributed by atoms with E-state index in [-0.39, 0.29) is 5.75 Å². The molecule has 0 radical (unpaired) electrons. The lowest BCUT2D eigenvalue weighted by molar-refractivity contribution is -0.0487. The Labute approximate surface area is 197 Å². The second kappa shape index (κ2) is 10.0. The third kappa shape index (κ3) is 5.16. The number of hydrogen-bond donors (Lipinski definition) is 0. The average molecular weight is 519 g/mol. The predicted molar refractivity (Wildman–Crippen MR) is 123 cm³/mol. The van der Waals surface area contributed by atoms with E-state index in [1.54, 1.807) is 14.2 Å². The van der Waals surface area contributed by atoms with Crippen molar-refractivity contribution < 1.29 is 23.0 Å². The van der Waals surface area contributed by atoms with Gasteiger partial charge in [-0.15, -0.1) is 0 Å². The Kier molecular flexibility index (Phi) is 6.93. The fourth-order valence-corrected chi connectivity index (χ4v) is 3.96. The summed E-state index contributed by atoms with van der Waals surface area (Å²) >= 11 is 3.36. The van der Waals surface area contributed by atoms with Gasteiger partial charge in [0, 0.05) is 19.2 Å². The summed E-state index contributed by atoms with van der Waals surface area (Å²) in [6.07, 6.45) is 1.38. The van der Waals surface area contributed by atoms with Crippen molar-refractivity contribution in [2.24, 2.45) is 0 Å². The summed E-state index contributed by atoms with van der Waals surface area (Å²) in [5.41, 5.74) is 2.32. The van der Waals surface area contributed by atoms with Crippen LogP contribution in [0, 0.1) is 0 Å². The molecule has 0 aliphatic heterocycles. The average Bonchev–Trinajstić information content (AvgIpc) is 3.14. The van der Waals surface area contributed by atoms with Crippen LogP contribution in [-0.2, 0) is 13.1 Å². The molecule has 0 aliphatic rings. The Morgan fingerprint density at radius 3 is 1.97 bits per heavy atom. The lowest BCUT2D eigenvalue weighted by atomic mass is 10.1. The first-order valence-corrected chi connectivity index (χ1v) is 10.8. The first-order valence-electron chi connectivity index (χ1n) is 9.96. The Morgan fingerprint density at radius 2 is 1.48 bits per heavy atom. The maximum absolute atomic E-state index is 13.1. The molecular weight excluding hydrogens is 498 g/mol. The second-order valence-corrected chi connectivity index (χ2v) is 7.92. The molecule has 0 amide bonds. The minimum atomic E-state index is -2.98. The highest BCUT2D eigenvalue weighted by atomic mass is 79.9. The number of hydrogen-bond acceptors (Lipinski definition) is 6. The minimum absolute atomic E-state index is 0.0121. The van der Waals surface area contributed by atoms with Crippen LogP contribution in [-0.4, -0.2) is 35.4 Å². The molecule has 0 atom stereocenters. The summed E-state index contributed by atoms with van der Waals surface area (Å²) in [6, 6.07) is 16.7. The van der Waals surface area contributed by atoms with Crippen molar-refractivity contribution in [2.75, 3.05) is 19.1 Å². The molecule has 4 rings (SSSR count). The number of alkyl halides is 2. The maximum atomic E-state index is 13.1.